The van der Waals surface area contributed by atoms with E-state index in [4.69, 9.17) is 12.2 Å². The Kier molecular flexibility index (Phi) is 6.76. The molecule has 2 aromatic carbocycles. The smallest absolute Gasteiger partial charge is 0.257 e. The molecule has 28 heavy (non-hydrogen) atoms. The predicted molar refractivity (Wildman–Crippen MR) is 116 cm³/mol. The Bertz CT molecular complexity index is 876. The van der Waals surface area contributed by atoms with Crippen LogP contribution < -0.4 is 16.0 Å². The van der Waals surface area contributed by atoms with Gasteiger partial charge in [-0.3, -0.25) is 14.9 Å². The van der Waals surface area contributed by atoms with E-state index in [1.165, 1.54) is 19.3 Å². The van der Waals surface area contributed by atoms with Crippen molar-refractivity contribution < 1.29 is 9.59 Å². The third-order valence-corrected chi connectivity index (χ3v) is 5.03. The molecule has 0 aliphatic heterocycles. The van der Waals surface area contributed by atoms with Crippen molar-refractivity contribution in [2.45, 2.75) is 45.1 Å². The fourth-order valence-corrected chi connectivity index (χ4v) is 3.59. The van der Waals surface area contributed by atoms with Crippen LogP contribution in [0.25, 0.3) is 0 Å². The van der Waals surface area contributed by atoms with E-state index in [9.17, 15) is 9.59 Å². The summed E-state index contributed by atoms with van der Waals surface area (Å²) >= 11 is 5.24. The summed E-state index contributed by atoms with van der Waals surface area (Å²) in [5.74, 6) is -0.349. The number of nitrogens with one attached hydrogen (secondary N) is 3. The normalized spacial score (nSPS) is 14.2. The number of benzene rings is 2. The lowest BCUT2D eigenvalue weighted by Crippen LogP contribution is -2.36. The fourth-order valence-electron chi connectivity index (χ4n) is 3.38. The van der Waals surface area contributed by atoms with Crippen molar-refractivity contribution in [2.24, 2.45) is 0 Å². The van der Waals surface area contributed by atoms with Crippen molar-refractivity contribution in [1.82, 2.24) is 10.6 Å². The molecule has 5 nitrogen and oxygen atoms in total. The van der Waals surface area contributed by atoms with Gasteiger partial charge < -0.3 is 10.6 Å². The van der Waals surface area contributed by atoms with Gasteiger partial charge in [0.05, 0.1) is 0 Å². The number of anilines is 1. The van der Waals surface area contributed by atoms with Gasteiger partial charge in [0.25, 0.3) is 11.8 Å². The Hall–Kier alpha value is -2.73. The second-order valence-corrected chi connectivity index (χ2v) is 7.58. The van der Waals surface area contributed by atoms with Gasteiger partial charge in [-0.1, -0.05) is 43.0 Å². The van der Waals surface area contributed by atoms with Gasteiger partial charge in [0, 0.05) is 22.9 Å². The van der Waals surface area contributed by atoms with Gasteiger partial charge in [0.15, 0.2) is 5.11 Å². The van der Waals surface area contributed by atoms with Gasteiger partial charge >= 0.3 is 0 Å². The summed E-state index contributed by atoms with van der Waals surface area (Å²) in [4.78, 5) is 24.8. The van der Waals surface area contributed by atoms with Gasteiger partial charge in [0.2, 0.25) is 0 Å². The molecule has 6 heteroatoms. The van der Waals surface area contributed by atoms with Crippen molar-refractivity contribution in [2.75, 3.05) is 5.32 Å². The minimum atomic E-state index is -0.271. The van der Waals surface area contributed by atoms with Gasteiger partial charge in [0.1, 0.15) is 0 Å². The second-order valence-electron chi connectivity index (χ2n) is 7.17. The molecule has 0 saturated heterocycles. The number of hydrogen-bond acceptors (Lipinski definition) is 3. The number of aryl methyl sites for hydroxylation is 1. The Balaban J connectivity index is 1.58. The van der Waals surface area contributed by atoms with Crippen LogP contribution in [0.15, 0.2) is 48.5 Å². The maximum atomic E-state index is 12.5. The standard InChI is InChI=1S/C22H25N3O2S/c1-15-7-5-8-16(13-15)21(27)25-22(28)24-19-12-6-9-17(14-19)20(26)23-18-10-3-2-4-11-18/h5-9,12-14,18H,2-4,10-11H2,1H3,(H,23,26)(H2,24,25,27,28). The molecule has 0 spiro atoms. The molecule has 0 unspecified atom stereocenters. The first-order valence-corrected chi connectivity index (χ1v) is 10.0. The number of carbonyl (C=O) groups is 2. The summed E-state index contributed by atoms with van der Waals surface area (Å²) in [6, 6.07) is 14.7. The van der Waals surface area contributed by atoms with Crippen molar-refractivity contribution in [3.8, 4) is 0 Å². The minimum absolute atomic E-state index is 0.0785. The van der Waals surface area contributed by atoms with Crippen molar-refractivity contribution >= 4 is 34.8 Å². The highest BCUT2D eigenvalue weighted by atomic mass is 32.1. The van der Waals surface area contributed by atoms with Crippen LogP contribution in [0, 0.1) is 6.92 Å². The van der Waals surface area contributed by atoms with Gasteiger partial charge in [-0.25, -0.2) is 0 Å². The van der Waals surface area contributed by atoms with Gasteiger partial charge in [-0.2, -0.15) is 0 Å². The maximum Gasteiger partial charge on any atom is 0.257 e. The zero-order chi connectivity index (χ0) is 19.9. The van der Waals surface area contributed by atoms with Crippen LogP contribution in [0.1, 0.15) is 58.4 Å². The van der Waals surface area contributed by atoms with Crippen LogP contribution in [-0.4, -0.2) is 23.0 Å². The van der Waals surface area contributed by atoms with Gasteiger partial charge in [-0.05, 0) is 62.3 Å². The van der Waals surface area contributed by atoms with E-state index in [1.807, 2.05) is 25.1 Å². The Morgan fingerprint density at radius 2 is 1.61 bits per heavy atom. The highest BCUT2D eigenvalue weighted by Crippen LogP contribution is 2.18. The van der Waals surface area contributed by atoms with Gasteiger partial charge in [-0.15, -0.1) is 0 Å². The molecule has 3 N–H and O–H groups in total. The highest BCUT2D eigenvalue weighted by molar-refractivity contribution is 7.80. The molecule has 2 aromatic rings. The third kappa shape index (κ3) is 5.63. The molecule has 0 aromatic heterocycles. The maximum absolute atomic E-state index is 12.5. The predicted octanol–water partition coefficient (Wildman–Crippen LogP) is 4.18. The number of carbonyl (C=O) groups excluding carboxylic acids is 2. The molecule has 0 radical (unpaired) electrons. The zero-order valence-electron chi connectivity index (χ0n) is 16.0. The number of hydrogen-bond donors (Lipinski definition) is 3. The molecule has 146 valence electrons. The summed E-state index contributed by atoms with van der Waals surface area (Å²) in [7, 11) is 0. The average molecular weight is 396 g/mol. The first-order valence-electron chi connectivity index (χ1n) is 9.61. The molecule has 2 amide bonds. The van der Waals surface area contributed by atoms with E-state index in [0.717, 1.165) is 18.4 Å². The van der Waals surface area contributed by atoms with E-state index in [1.54, 1.807) is 30.3 Å². The fraction of sp³-hybridized carbons (Fsp3) is 0.318. The SMILES string of the molecule is Cc1cccc(C(=O)NC(=S)Nc2cccc(C(=O)NC3CCCCC3)c2)c1. The van der Waals surface area contributed by atoms with Crippen LogP contribution in [0.4, 0.5) is 5.69 Å². The topological polar surface area (TPSA) is 70.2 Å². The van der Waals surface area contributed by atoms with Crippen LogP contribution in [0.2, 0.25) is 0 Å². The summed E-state index contributed by atoms with van der Waals surface area (Å²) in [6.45, 7) is 1.93. The third-order valence-electron chi connectivity index (χ3n) is 4.83. The molecule has 1 aliphatic carbocycles. The number of amides is 2. The van der Waals surface area contributed by atoms with E-state index in [-0.39, 0.29) is 23.0 Å². The molecule has 1 fully saturated rings. The lowest BCUT2D eigenvalue weighted by molar-refractivity contribution is 0.0926. The monoisotopic (exact) mass is 395 g/mol. The largest absolute Gasteiger partial charge is 0.349 e. The van der Waals surface area contributed by atoms with Crippen LogP contribution in [0.3, 0.4) is 0 Å². The van der Waals surface area contributed by atoms with Crippen molar-refractivity contribution in [3.63, 3.8) is 0 Å². The molecule has 1 aliphatic rings. The minimum Gasteiger partial charge on any atom is -0.349 e. The molecular weight excluding hydrogens is 370 g/mol. The van der Waals surface area contributed by atoms with E-state index in [2.05, 4.69) is 16.0 Å². The van der Waals surface area contributed by atoms with Crippen LogP contribution in [0.5, 0.6) is 0 Å². The number of thiocarbonyl (C=S) groups is 1. The summed E-state index contributed by atoms with van der Waals surface area (Å²) < 4.78 is 0. The average Bonchev–Trinajstić information content (AvgIpc) is 2.69. The van der Waals surface area contributed by atoms with Crippen molar-refractivity contribution in [3.05, 3.63) is 65.2 Å². The molecule has 1 saturated carbocycles. The molecular formula is C22H25N3O2S. The second kappa shape index (κ2) is 9.46. The van der Waals surface area contributed by atoms with E-state index in [0.29, 0.717) is 16.8 Å². The molecule has 0 bridgehead atoms. The quantitative estimate of drug-likeness (QED) is 0.679. The van der Waals surface area contributed by atoms with Crippen LogP contribution >= 0.6 is 12.2 Å². The van der Waals surface area contributed by atoms with E-state index >= 15 is 0 Å². The zero-order valence-corrected chi connectivity index (χ0v) is 16.8. The highest BCUT2D eigenvalue weighted by Gasteiger charge is 2.17. The first kappa shape index (κ1) is 20.0. The Morgan fingerprint density at radius 3 is 2.32 bits per heavy atom. The summed E-state index contributed by atoms with van der Waals surface area (Å²) in [6.07, 6.45) is 5.66. The lowest BCUT2D eigenvalue weighted by Gasteiger charge is -2.22. The van der Waals surface area contributed by atoms with Crippen molar-refractivity contribution in [1.29, 1.82) is 0 Å². The molecule has 0 atom stereocenters. The van der Waals surface area contributed by atoms with E-state index < -0.39 is 0 Å². The first-order chi connectivity index (χ1) is 13.5. The molecule has 0 heterocycles. The number of rotatable bonds is 4. The Labute approximate surface area is 170 Å². The summed E-state index contributed by atoms with van der Waals surface area (Å²) in [5.41, 5.74) is 2.78. The lowest BCUT2D eigenvalue weighted by atomic mass is 9.95. The summed E-state index contributed by atoms with van der Waals surface area (Å²) in [5, 5.41) is 8.94. The molecule has 3 rings (SSSR count). The Morgan fingerprint density at radius 1 is 0.929 bits per heavy atom. The van der Waals surface area contributed by atoms with Crippen LogP contribution in [-0.2, 0) is 0 Å².